The van der Waals surface area contributed by atoms with E-state index in [1.54, 1.807) is 31.2 Å². The van der Waals surface area contributed by atoms with E-state index in [-0.39, 0.29) is 17.7 Å². The minimum absolute atomic E-state index is 0.157. The summed E-state index contributed by atoms with van der Waals surface area (Å²) in [6.45, 7) is 1.91. The van der Waals surface area contributed by atoms with Crippen molar-refractivity contribution in [2.24, 2.45) is 0 Å². The molecule has 8 heteroatoms. The number of ether oxygens (including phenoxy) is 1. The van der Waals surface area contributed by atoms with Crippen molar-refractivity contribution in [1.29, 1.82) is 0 Å². The number of esters is 1. The summed E-state index contributed by atoms with van der Waals surface area (Å²) in [5.41, 5.74) is 0.583. The first kappa shape index (κ1) is 21.0. The zero-order valence-corrected chi connectivity index (χ0v) is 18.7. The number of nitrogens with one attached hydrogen (secondary N) is 1. The lowest BCUT2D eigenvalue weighted by Gasteiger charge is -2.06. The Balaban J connectivity index is 1.72. The fourth-order valence-electron chi connectivity index (χ4n) is 3.01. The molecule has 0 saturated carbocycles. The zero-order chi connectivity index (χ0) is 22.0. The Labute approximate surface area is 189 Å². The number of anilines is 1. The summed E-state index contributed by atoms with van der Waals surface area (Å²) in [6.07, 6.45) is 0. The van der Waals surface area contributed by atoms with Gasteiger partial charge in [0.2, 0.25) is 0 Å². The minimum Gasteiger partial charge on any atom is -0.462 e. The summed E-state index contributed by atoms with van der Waals surface area (Å²) >= 11 is 4.59. The van der Waals surface area contributed by atoms with Crippen LogP contribution in [0.5, 0.6) is 0 Å². The predicted molar refractivity (Wildman–Crippen MR) is 124 cm³/mol. The van der Waals surface area contributed by atoms with E-state index in [9.17, 15) is 14.4 Å². The molecule has 1 N–H and O–H groups in total. The highest BCUT2D eigenvalue weighted by Gasteiger charge is 2.22. The lowest BCUT2D eigenvalue weighted by molar-refractivity contribution is 0.0528. The lowest BCUT2D eigenvalue weighted by Crippen LogP contribution is -2.21. The highest BCUT2D eigenvalue weighted by atomic mass is 79.9. The third-order valence-electron chi connectivity index (χ3n) is 4.45. The number of thiophene rings is 1. The van der Waals surface area contributed by atoms with E-state index in [0.717, 1.165) is 14.9 Å². The monoisotopic (exact) mass is 497 g/mol. The van der Waals surface area contributed by atoms with Gasteiger partial charge in [0.1, 0.15) is 16.1 Å². The van der Waals surface area contributed by atoms with Gasteiger partial charge in [-0.05, 0) is 42.8 Å². The first-order chi connectivity index (χ1) is 15.0. The Bertz CT molecular complexity index is 1340. The van der Waals surface area contributed by atoms with Gasteiger partial charge in [0, 0.05) is 14.7 Å². The zero-order valence-electron chi connectivity index (χ0n) is 16.3. The molecular weight excluding hydrogens is 482 g/mol. The summed E-state index contributed by atoms with van der Waals surface area (Å²) in [4.78, 5) is 38.5. The molecule has 0 bridgehead atoms. The van der Waals surface area contributed by atoms with Gasteiger partial charge in [0.05, 0.1) is 12.2 Å². The number of benzene rings is 2. The molecule has 4 aromatic rings. The molecule has 0 aliphatic heterocycles. The van der Waals surface area contributed by atoms with E-state index in [1.807, 2.05) is 30.3 Å². The average molecular weight is 498 g/mol. The molecule has 1 amide bonds. The van der Waals surface area contributed by atoms with Gasteiger partial charge in [-0.1, -0.05) is 46.3 Å². The highest BCUT2D eigenvalue weighted by Crippen LogP contribution is 2.36. The smallest absolute Gasteiger partial charge is 0.349 e. The van der Waals surface area contributed by atoms with Gasteiger partial charge < -0.3 is 14.5 Å². The molecule has 2 aromatic heterocycles. The Morgan fingerprint density at radius 1 is 1.06 bits per heavy atom. The van der Waals surface area contributed by atoms with Crippen molar-refractivity contribution in [1.82, 2.24) is 0 Å². The number of carbonyl (C=O) groups excluding carboxylic acids is 2. The predicted octanol–water partition coefficient (Wildman–Crippen LogP) is 5.71. The van der Waals surface area contributed by atoms with Gasteiger partial charge in [0.15, 0.2) is 0 Å². The highest BCUT2D eigenvalue weighted by molar-refractivity contribution is 9.10. The fourth-order valence-corrected chi connectivity index (χ4v) is 4.44. The van der Waals surface area contributed by atoms with Gasteiger partial charge in [-0.3, -0.25) is 4.79 Å². The van der Waals surface area contributed by atoms with Crippen molar-refractivity contribution in [3.8, 4) is 10.4 Å². The third kappa shape index (κ3) is 4.45. The number of halogens is 1. The summed E-state index contributed by atoms with van der Waals surface area (Å²) in [6, 6.07) is 17.8. The van der Waals surface area contributed by atoms with Crippen LogP contribution in [0.2, 0.25) is 0 Å². The molecule has 0 spiro atoms. The maximum atomic E-state index is 12.9. The molecule has 2 heterocycles. The van der Waals surface area contributed by atoms with E-state index in [4.69, 9.17) is 9.15 Å². The van der Waals surface area contributed by atoms with Crippen LogP contribution in [0.15, 0.2) is 74.3 Å². The molecule has 31 heavy (non-hydrogen) atoms. The summed E-state index contributed by atoms with van der Waals surface area (Å²) in [7, 11) is 0. The Hall–Kier alpha value is -3.23. The van der Waals surface area contributed by atoms with Gasteiger partial charge in [0.25, 0.3) is 5.91 Å². The van der Waals surface area contributed by atoms with Gasteiger partial charge >= 0.3 is 11.6 Å². The van der Waals surface area contributed by atoms with Gasteiger partial charge in [-0.25, -0.2) is 9.59 Å². The van der Waals surface area contributed by atoms with E-state index >= 15 is 0 Å². The second-order valence-electron chi connectivity index (χ2n) is 6.52. The van der Waals surface area contributed by atoms with Crippen LogP contribution in [0.1, 0.15) is 27.6 Å². The molecule has 6 nitrogen and oxygen atoms in total. The summed E-state index contributed by atoms with van der Waals surface area (Å²) < 4.78 is 11.2. The fraction of sp³-hybridized carbons (Fsp3) is 0.0870. The van der Waals surface area contributed by atoms with Crippen molar-refractivity contribution in [3.63, 3.8) is 0 Å². The van der Waals surface area contributed by atoms with Crippen molar-refractivity contribution in [3.05, 3.63) is 86.7 Å². The summed E-state index contributed by atoms with van der Waals surface area (Å²) in [5, 5.41) is 3.58. The molecule has 0 atom stereocenters. The molecule has 0 fully saturated rings. The quantitative estimate of drug-likeness (QED) is 0.281. The van der Waals surface area contributed by atoms with Crippen LogP contribution in [-0.2, 0) is 4.74 Å². The number of carbonyl (C=O) groups is 2. The molecule has 0 unspecified atom stereocenters. The number of hydrogen-bond donors (Lipinski definition) is 1. The Morgan fingerprint density at radius 2 is 1.84 bits per heavy atom. The Morgan fingerprint density at radius 3 is 2.58 bits per heavy atom. The van der Waals surface area contributed by atoms with Crippen LogP contribution < -0.4 is 10.9 Å². The lowest BCUT2D eigenvalue weighted by atomic mass is 10.1. The number of hydrogen-bond acceptors (Lipinski definition) is 6. The van der Waals surface area contributed by atoms with Crippen LogP contribution in [0.3, 0.4) is 0 Å². The summed E-state index contributed by atoms with van der Waals surface area (Å²) in [5.74, 6) is -1.21. The number of fused-ring (bicyclic) bond motifs is 1. The second-order valence-corrected chi connectivity index (χ2v) is 8.49. The molecule has 0 saturated heterocycles. The molecule has 0 aliphatic carbocycles. The van der Waals surface area contributed by atoms with Crippen LogP contribution in [0.25, 0.3) is 21.4 Å². The topological polar surface area (TPSA) is 85.6 Å². The maximum Gasteiger partial charge on any atom is 0.349 e. The number of rotatable bonds is 5. The largest absolute Gasteiger partial charge is 0.462 e. The Kier molecular flexibility index (Phi) is 6.01. The average Bonchev–Trinajstić information content (AvgIpc) is 3.18. The normalized spacial score (nSPS) is 10.8. The van der Waals surface area contributed by atoms with Gasteiger partial charge in [-0.15, -0.1) is 11.3 Å². The third-order valence-corrected chi connectivity index (χ3v) is 6.04. The standard InChI is InChI=1S/C23H16BrNO5S/c1-2-29-22(27)17-12-19(13-6-4-3-5-7-13)31-21(17)25-20(26)16-11-14-10-15(24)8-9-18(14)30-23(16)28/h3-12H,2H2,1H3,(H,25,26). The van der Waals surface area contributed by atoms with Gasteiger partial charge in [-0.2, -0.15) is 0 Å². The second kappa shape index (κ2) is 8.87. The first-order valence-corrected chi connectivity index (χ1v) is 11.0. The molecule has 4 rings (SSSR count). The van der Waals surface area contributed by atoms with Crippen molar-refractivity contribution in [2.45, 2.75) is 6.92 Å². The molecule has 156 valence electrons. The molecule has 0 radical (unpaired) electrons. The first-order valence-electron chi connectivity index (χ1n) is 9.37. The van der Waals surface area contributed by atoms with Crippen LogP contribution in [0, 0.1) is 0 Å². The van der Waals surface area contributed by atoms with E-state index < -0.39 is 17.5 Å². The molecular formula is C23H16BrNO5S. The van der Waals surface area contributed by atoms with Crippen LogP contribution >= 0.6 is 27.3 Å². The SMILES string of the molecule is CCOC(=O)c1cc(-c2ccccc2)sc1NC(=O)c1cc2cc(Br)ccc2oc1=O. The number of amides is 1. The minimum atomic E-state index is -0.759. The molecule has 0 aliphatic rings. The van der Waals surface area contributed by atoms with Crippen molar-refractivity contribution < 1.29 is 18.7 Å². The van der Waals surface area contributed by atoms with Crippen molar-refractivity contribution >= 4 is 55.1 Å². The van der Waals surface area contributed by atoms with E-state index in [1.165, 1.54) is 17.4 Å². The molecule has 2 aromatic carbocycles. The van der Waals surface area contributed by atoms with E-state index in [0.29, 0.717) is 16.0 Å². The van der Waals surface area contributed by atoms with E-state index in [2.05, 4.69) is 21.2 Å². The van der Waals surface area contributed by atoms with Crippen molar-refractivity contribution in [2.75, 3.05) is 11.9 Å². The van der Waals surface area contributed by atoms with Crippen LogP contribution in [0.4, 0.5) is 5.00 Å². The maximum absolute atomic E-state index is 12.9. The van der Waals surface area contributed by atoms with Crippen LogP contribution in [-0.4, -0.2) is 18.5 Å².